The Labute approximate surface area is 225 Å². The van der Waals surface area contributed by atoms with E-state index in [9.17, 15) is 8.78 Å². The SMILES string of the molecule is COc1cc(F)c(C(=N)/C=C\c2cnc(Nc3cnccc3N3C[C@@H](N)[C@@H](OCCC#N)[C@@H](C)C3)[nH]2)c(F)c1. The summed E-state index contributed by atoms with van der Waals surface area (Å²) >= 11 is 0. The Hall–Kier alpha value is -4.34. The molecule has 204 valence electrons. The van der Waals surface area contributed by atoms with E-state index in [-0.39, 0.29) is 29.5 Å². The molecule has 5 N–H and O–H groups in total. The molecule has 1 aliphatic heterocycles. The Morgan fingerprint density at radius 2 is 2.10 bits per heavy atom. The van der Waals surface area contributed by atoms with Crippen molar-refractivity contribution in [3.05, 3.63) is 65.8 Å². The molecule has 1 saturated heterocycles. The molecule has 0 bridgehead atoms. The van der Waals surface area contributed by atoms with Gasteiger partial charge in [0.05, 0.1) is 73.0 Å². The minimum atomic E-state index is -0.885. The average molecular weight is 537 g/mol. The number of rotatable bonds is 10. The molecule has 0 saturated carbocycles. The predicted octanol–water partition coefficient (Wildman–Crippen LogP) is 4.00. The number of hydrogen-bond acceptors (Lipinski definition) is 9. The number of hydrogen-bond donors (Lipinski definition) is 4. The van der Waals surface area contributed by atoms with Crippen LogP contribution in [0.4, 0.5) is 26.1 Å². The van der Waals surface area contributed by atoms with Crippen LogP contribution in [-0.2, 0) is 4.74 Å². The second kappa shape index (κ2) is 12.5. The zero-order valence-electron chi connectivity index (χ0n) is 21.6. The van der Waals surface area contributed by atoms with Gasteiger partial charge < -0.3 is 35.8 Å². The number of halogens is 2. The minimum absolute atomic E-state index is 0.0364. The van der Waals surface area contributed by atoms with E-state index < -0.39 is 17.2 Å². The summed E-state index contributed by atoms with van der Waals surface area (Å²) < 4.78 is 39.3. The number of allylic oxidation sites excluding steroid dienone is 1. The molecular formula is C27H30F2N8O2. The van der Waals surface area contributed by atoms with Gasteiger partial charge in [-0.25, -0.2) is 13.8 Å². The molecule has 3 atom stereocenters. The first-order valence-corrected chi connectivity index (χ1v) is 12.4. The maximum Gasteiger partial charge on any atom is 0.205 e. The molecule has 1 aromatic carbocycles. The molecule has 12 heteroatoms. The molecule has 0 unspecified atom stereocenters. The molecule has 1 fully saturated rings. The van der Waals surface area contributed by atoms with Crippen LogP contribution in [0.25, 0.3) is 6.08 Å². The van der Waals surface area contributed by atoms with Gasteiger partial charge in [-0.15, -0.1) is 0 Å². The molecule has 0 aliphatic carbocycles. The maximum atomic E-state index is 14.3. The van der Waals surface area contributed by atoms with Gasteiger partial charge in [0, 0.05) is 43.4 Å². The third kappa shape index (κ3) is 6.57. The fraction of sp³-hybridized carbons (Fsp3) is 0.333. The first-order valence-electron chi connectivity index (χ1n) is 12.4. The van der Waals surface area contributed by atoms with Crippen molar-refractivity contribution in [3.63, 3.8) is 0 Å². The van der Waals surface area contributed by atoms with Crippen LogP contribution in [0.15, 0.2) is 42.9 Å². The molecule has 4 rings (SSSR count). The van der Waals surface area contributed by atoms with E-state index in [0.717, 1.165) is 17.8 Å². The average Bonchev–Trinajstić information content (AvgIpc) is 3.36. The van der Waals surface area contributed by atoms with Crippen LogP contribution in [0, 0.1) is 34.3 Å². The number of nitrogens with zero attached hydrogens (tertiary/aromatic N) is 4. The van der Waals surface area contributed by atoms with Crippen LogP contribution in [0.3, 0.4) is 0 Å². The van der Waals surface area contributed by atoms with Gasteiger partial charge in [0.1, 0.15) is 17.4 Å². The summed E-state index contributed by atoms with van der Waals surface area (Å²) in [5.41, 5.74) is 7.77. The molecule has 3 aromatic rings. The maximum absolute atomic E-state index is 14.3. The summed E-state index contributed by atoms with van der Waals surface area (Å²) in [6, 6.07) is 5.80. The largest absolute Gasteiger partial charge is 0.497 e. The number of aromatic nitrogens is 3. The molecule has 0 radical (unpaired) electrons. The van der Waals surface area contributed by atoms with Gasteiger partial charge in [0.25, 0.3) is 0 Å². The van der Waals surface area contributed by atoms with E-state index in [1.807, 2.05) is 6.07 Å². The normalized spacial score (nSPS) is 19.2. The number of benzene rings is 1. The lowest BCUT2D eigenvalue weighted by Gasteiger charge is -2.42. The summed E-state index contributed by atoms with van der Waals surface area (Å²) in [5.74, 6) is -1.17. The number of aromatic amines is 1. The van der Waals surface area contributed by atoms with E-state index in [1.165, 1.54) is 25.5 Å². The minimum Gasteiger partial charge on any atom is -0.497 e. The highest BCUT2D eigenvalue weighted by Crippen LogP contribution is 2.31. The van der Waals surface area contributed by atoms with Crippen LogP contribution >= 0.6 is 0 Å². The van der Waals surface area contributed by atoms with E-state index in [4.69, 9.17) is 25.9 Å². The van der Waals surface area contributed by atoms with E-state index >= 15 is 0 Å². The lowest BCUT2D eigenvalue weighted by atomic mass is 9.92. The van der Waals surface area contributed by atoms with Crippen LogP contribution in [0.1, 0.15) is 24.6 Å². The van der Waals surface area contributed by atoms with Crippen molar-refractivity contribution in [2.45, 2.75) is 25.5 Å². The van der Waals surface area contributed by atoms with Crippen molar-refractivity contribution < 1.29 is 18.3 Å². The summed E-state index contributed by atoms with van der Waals surface area (Å²) in [6.45, 7) is 3.70. The second-order valence-corrected chi connectivity index (χ2v) is 9.21. The molecular weight excluding hydrogens is 506 g/mol. The van der Waals surface area contributed by atoms with Crippen molar-refractivity contribution in [3.8, 4) is 11.8 Å². The molecule has 2 aromatic heterocycles. The van der Waals surface area contributed by atoms with Crippen molar-refractivity contribution in [1.82, 2.24) is 15.0 Å². The van der Waals surface area contributed by atoms with Crippen LogP contribution in [0.2, 0.25) is 0 Å². The fourth-order valence-electron chi connectivity index (χ4n) is 4.58. The van der Waals surface area contributed by atoms with Gasteiger partial charge >= 0.3 is 0 Å². The molecule has 1 aliphatic rings. The van der Waals surface area contributed by atoms with Gasteiger partial charge in [-0.05, 0) is 18.2 Å². The molecule has 0 amide bonds. The lowest BCUT2D eigenvalue weighted by Crippen LogP contribution is -2.56. The fourth-order valence-corrected chi connectivity index (χ4v) is 4.58. The van der Waals surface area contributed by atoms with Gasteiger partial charge in [-0.3, -0.25) is 4.98 Å². The highest BCUT2D eigenvalue weighted by Gasteiger charge is 2.34. The zero-order valence-corrected chi connectivity index (χ0v) is 21.6. The number of imidazole rings is 1. The monoisotopic (exact) mass is 536 g/mol. The summed E-state index contributed by atoms with van der Waals surface area (Å²) in [7, 11) is 1.31. The highest BCUT2D eigenvalue weighted by molar-refractivity contribution is 6.09. The van der Waals surface area contributed by atoms with Crippen molar-refractivity contribution in [1.29, 1.82) is 10.7 Å². The first-order chi connectivity index (χ1) is 18.8. The standard InChI is InChI=1S/C27H30F2N8O2/c1-16-14-37(15-22(32)26(16)39-9-3-7-30)24-6-8-33-13-23(24)36-27-34-12-17(35-27)4-5-21(31)25-19(28)10-18(38-2)11-20(25)29/h4-6,8,10-13,16,22,26,31H,3,9,14-15,32H2,1-2H3,(H2,34,35,36)/b5-4-,31-21?/t16-,22+,26-/m0/s1. The number of nitriles is 1. The van der Waals surface area contributed by atoms with Gasteiger partial charge in [0.2, 0.25) is 5.95 Å². The van der Waals surface area contributed by atoms with Crippen LogP contribution in [-0.4, -0.2) is 59.6 Å². The summed E-state index contributed by atoms with van der Waals surface area (Å²) in [6.07, 6.45) is 7.90. The first kappa shape index (κ1) is 27.7. The predicted molar refractivity (Wildman–Crippen MR) is 144 cm³/mol. The Balaban J connectivity index is 1.44. The number of methoxy groups -OCH3 is 1. The Morgan fingerprint density at radius 3 is 2.79 bits per heavy atom. The molecule has 10 nitrogen and oxygen atoms in total. The van der Waals surface area contributed by atoms with E-state index in [0.29, 0.717) is 43.4 Å². The Bertz CT molecular complexity index is 1350. The molecule has 39 heavy (non-hydrogen) atoms. The number of pyridine rings is 1. The second-order valence-electron chi connectivity index (χ2n) is 9.21. The Kier molecular flexibility index (Phi) is 8.85. The molecule has 0 spiro atoms. The Morgan fingerprint density at radius 1 is 1.33 bits per heavy atom. The topological polar surface area (TPSA) is 149 Å². The number of anilines is 3. The molecule has 3 heterocycles. The van der Waals surface area contributed by atoms with Crippen molar-refractivity contribution in [2.75, 3.05) is 37.0 Å². The van der Waals surface area contributed by atoms with Gasteiger partial charge in [0.15, 0.2) is 0 Å². The smallest absolute Gasteiger partial charge is 0.205 e. The zero-order chi connectivity index (χ0) is 27.9. The highest BCUT2D eigenvalue weighted by atomic mass is 19.1. The van der Waals surface area contributed by atoms with Gasteiger partial charge in [-0.1, -0.05) is 6.92 Å². The third-order valence-electron chi connectivity index (χ3n) is 6.38. The van der Waals surface area contributed by atoms with Gasteiger partial charge in [-0.2, -0.15) is 5.26 Å². The van der Waals surface area contributed by atoms with Crippen molar-refractivity contribution >= 4 is 29.1 Å². The summed E-state index contributed by atoms with van der Waals surface area (Å²) in [4.78, 5) is 13.8. The number of nitrogens with one attached hydrogen (secondary N) is 3. The number of piperidine rings is 1. The van der Waals surface area contributed by atoms with Crippen LogP contribution < -0.4 is 20.7 Å². The lowest BCUT2D eigenvalue weighted by molar-refractivity contribution is -0.00331. The summed E-state index contributed by atoms with van der Waals surface area (Å²) in [5, 5.41) is 20.1. The number of H-pyrrole nitrogens is 1. The van der Waals surface area contributed by atoms with E-state index in [1.54, 1.807) is 12.4 Å². The third-order valence-corrected chi connectivity index (χ3v) is 6.38. The number of nitrogens with two attached hydrogens (primary N) is 1. The van der Waals surface area contributed by atoms with Crippen molar-refractivity contribution in [2.24, 2.45) is 11.7 Å². The van der Waals surface area contributed by atoms with Crippen LogP contribution in [0.5, 0.6) is 5.75 Å². The van der Waals surface area contributed by atoms with E-state index in [2.05, 4.69) is 38.2 Å². The number of ether oxygens (including phenoxy) is 2. The quantitative estimate of drug-likeness (QED) is 0.224.